The monoisotopic (exact) mass is 296 g/mol. The zero-order valence-electron chi connectivity index (χ0n) is 12.4. The zero-order valence-corrected chi connectivity index (χ0v) is 12.4. The molecule has 1 aliphatic rings. The van der Waals surface area contributed by atoms with Crippen LogP contribution in [0.15, 0.2) is 48.5 Å². The van der Waals surface area contributed by atoms with Gasteiger partial charge < -0.3 is 15.7 Å². The van der Waals surface area contributed by atoms with Crippen LogP contribution in [0.2, 0.25) is 0 Å². The molecule has 0 bridgehead atoms. The number of nitrogens with zero attached hydrogens (tertiary/aromatic N) is 1. The lowest BCUT2D eigenvalue weighted by molar-refractivity contribution is 0.0791. The highest BCUT2D eigenvalue weighted by molar-refractivity contribution is 5.95. The largest absolute Gasteiger partial charge is 0.392 e. The van der Waals surface area contributed by atoms with E-state index in [4.69, 9.17) is 10.8 Å². The first-order valence-electron chi connectivity index (χ1n) is 7.52. The Labute approximate surface area is 130 Å². The maximum atomic E-state index is 12.4. The molecule has 0 aliphatic carbocycles. The summed E-state index contributed by atoms with van der Waals surface area (Å²) in [5, 5.41) is 9.07. The lowest BCUT2D eigenvalue weighted by Crippen LogP contribution is -2.31. The van der Waals surface area contributed by atoms with Crippen LogP contribution in [0, 0.1) is 0 Å². The number of aliphatic hydroxyl groups is 1. The van der Waals surface area contributed by atoms with Crippen molar-refractivity contribution in [2.75, 3.05) is 13.1 Å². The third-order valence-electron chi connectivity index (χ3n) is 4.11. The summed E-state index contributed by atoms with van der Waals surface area (Å²) < 4.78 is 0. The van der Waals surface area contributed by atoms with E-state index in [9.17, 15) is 4.79 Å². The van der Waals surface area contributed by atoms with Crippen molar-refractivity contribution < 1.29 is 9.90 Å². The molecule has 1 fully saturated rings. The fourth-order valence-electron chi connectivity index (χ4n) is 2.76. The molecular weight excluding hydrogens is 276 g/mol. The summed E-state index contributed by atoms with van der Waals surface area (Å²) in [7, 11) is 0. The predicted octanol–water partition coefficient (Wildman–Crippen LogP) is 2.02. The number of carbonyl (C=O) groups is 1. The van der Waals surface area contributed by atoms with Crippen molar-refractivity contribution in [2.45, 2.75) is 19.1 Å². The molecule has 2 aromatic carbocycles. The first-order chi connectivity index (χ1) is 10.7. The maximum Gasteiger partial charge on any atom is 0.253 e. The molecule has 4 nitrogen and oxygen atoms in total. The number of hydrogen-bond acceptors (Lipinski definition) is 3. The number of rotatable bonds is 3. The standard InChI is InChI=1S/C18H20N2O2/c19-17-9-10-20(11-17)18(22)16-7-5-15(6-8-16)14-3-1-13(12-21)2-4-14/h1-8,17,21H,9-12,19H2/t17-/m0/s1. The summed E-state index contributed by atoms with van der Waals surface area (Å²) in [4.78, 5) is 14.2. The van der Waals surface area contributed by atoms with Gasteiger partial charge in [0.05, 0.1) is 6.61 Å². The van der Waals surface area contributed by atoms with Crippen molar-refractivity contribution in [2.24, 2.45) is 5.73 Å². The highest BCUT2D eigenvalue weighted by Gasteiger charge is 2.24. The first-order valence-corrected chi connectivity index (χ1v) is 7.52. The van der Waals surface area contributed by atoms with Crippen LogP contribution in [0.1, 0.15) is 22.3 Å². The number of likely N-dealkylation sites (tertiary alicyclic amines) is 1. The van der Waals surface area contributed by atoms with Crippen molar-refractivity contribution in [3.63, 3.8) is 0 Å². The third kappa shape index (κ3) is 3.03. The molecule has 0 aromatic heterocycles. The van der Waals surface area contributed by atoms with Gasteiger partial charge in [0.2, 0.25) is 0 Å². The molecule has 0 saturated carbocycles. The number of benzene rings is 2. The number of carbonyl (C=O) groups excluding carboxylic acids is 1. The summed E-state index contributed by atoms with van der Waals surface area (Å²) in [6.07, 6.45) is 0.876. The van der Waals surface area contributed by atoms with Crippen molar-refractivity contribution in [1.82, 2.24) is 4.90 Å². The minimum atomic E-state index is 0.0473. The van der Waals surface area contributed by atoms with Gasteiger partial charge in [-0.15, -0.1) is 0 Å². The lowest BCUT2D eigenvalue weighted by Gasteiger charge is -2.16. The summed E-state index contributed by atoms with van der Waals surface area (Å²) in [5.41, 5.74) is 9.57. The van der Waals surface area contributed by atoms with Crippen LogP contribution in [-0.2, 0) is 6.61 Å². The molecule has 1 saturated heterocycles. The molecule has 3 rings (SSSR count). The first kappa shape index (κ1) is 14.8. The van der Waals surface area contributed by atoms with Crippen LogP contribution >= 0.6 is 0 Å². The minimum Gasteiger partial charge on any atom is -0.392 e. The highest BCUT2D eigenvalue weighted by Crippen LogP contribution is 2.21. The van der Waals surface area contributed by atoms with E-state index in [0.29, 0.717) is 12.1 Å². The van der Waals surface area contributed by atoms with E-state index in [0.717, 1.165) is 29.7 Å². The molecule has 114 valence electrons. The Bertz CT molecular complexity index is 650. The van der Waals surface area contributed by atoms with Gasteiger partial charge >= 0.3 is 0 Å². The fraction of sp³-hybridized carbons (Fsp3) is 0.278. The molecule has 4 heteroatoms. The van der Waals surface area contributed by atoms with Gasteiger partial charge in [-0.05, 0) is 35.2 Å². The van der Waals surface area contributed by atoms with Gasteiger partial charge in [-0.2, -0.15) is 0 Å². The Morgan fingerprint density at radius 1 is 1.09 bits per heavy atom. The second kappa shape index (κ2) is 6.30. The van der Waals surface area contributed by atoms with Crippen LogP contribution in [0.5, 0.6) is 0 Å². The average molecular weight is 296 g/mol. The van der Waals surface area contributed by atoms with Crippen LogP contribution in [0.4, 0.5) is 0 Å². The van der Waals surface area contributed by atoms with E-state index in [1.807, 2.05) is 53.4 Å². The van der Waals surface area contributed by atoms with Gasteiger partial charge in [0, 0.05) is 24.7 Å². The predicted molar refractivity (Wildman–Crippen MR) is 86.3 cm³/mol. The topological polar surface area (TPSA) is 66.6 Å². The van der Waals surface area contributed by atoms with Crippen LogP contribution in [-0.4, -0.2) is 35.0 Å². The molecule has 1 amide bonds. The van der Waals surface area contributed by atoms with Crippen molar-refractivity contribution in [3.8, 4) is 11.1 Å². The van der Waals surface area contributed by atoms with Gasteiger partial charge in [0.1, 0.15) is 0 Å². The molecule has 0 radical (unpaired) electrons. The second-order valence-electron chi connectivity index (χ2n) is 5.73. The third-order valence-corrected chi connectivity index (χ3v) is 4.11. The molecule has 0 unspecified atom stereocenters. The summed E-state index contributed by atoms with van der Waals surface area (Å²) in [6.45, 7) is 1.43. The Kier molecular flexibility index (Phi) is 4.22. The Morgan fingerprint density at radius 2 is 1.68 bits per heavy atom. The van der Waals surface area contributed by atoms with E-state index in [1.54, 1.807) is 0 Å². The summed E-state index contributed by atoms with van der Waals surface area (Å²) in [5.74, 6) is 0.0510. The summed E-state index contributed by atoms with van der Waals surface area (Å²) in [6, 6.07) is 15.5. The number of nitrogens with two attached hydrogens (primary N) is 1. The Balaban J connectivity index is 1.75. The molecule has 3 N–H and O–H groups in total. The van der Waals surface area contributed by atoms with E-state index in [1.165, 1.54) is 0 Å². The van der Waals surface area contributed by atoms with Crippen LogP contribution in [0.25, 0.3) is 11.1 Å². The molecular formula is C18H20N2O2. The van der Waals surface area contributed by atoms with E-state index in [-0.39, 0.29) is 18.6 Å². The van der Waals surface area contributed by atoms with Crippen LogP contribution in [0.3, 0.4) is 0 Å². The van der Waals surface area contributed by atoms with Crippen molar-refractivity contribution in [1.29, 1.82) is 0 Å². The molecule has 1 heterocycles. The number of hydrogen-bond donors (Lipinski definition) is 2. The smallest absolute Gasteiger partial charge is 0.253 e. The maximum absolute atomic E-state index is 12.4. The molecule has 0 spiro atoms. The highest BCUT2D eigenvalue weighted by atomic mass is 16.3. The normalized spacial score (nSPS) is 17.7. The number of amides is 1. The molecule has 1 aliphatic heterocycles. The quantitative estimate of drug-likeness (QED) is 0.910. The Hall–Kier alpha value is -2.17. The van der Waals surface area contributed by atoms with Crippen molar-refractivity contribution >= 4 is 5.91 Å². The van der Waals surface area contributed by atoms with Crippen LogP contribution < -0.4 is 5.73 Å². The zero-order chi connectivity index (χ0) is 15.5. The molecule has 1 atom stereocenters. The van der Waals surface area contributed by atoms with Gasteiger partial charge in [-0.25, -0.2) is 0 Å². The van der Waals surface area contributed by atoms with E-state index < -0.39 is 0 Å². The lowest BCUT2D eigenvalue weighted by atomic mass is 10.0. The summed E-state index contributed by atoms with van der Waals surface area (Å²) >= 11 is 0. The Morgan fingerprint density at radius 3 is 2.18 bits per heavy atom. The van der Waals surface area contributed by atoms with Gasteiger partial charge in [-0.1, -0.05) is 36.4 Å². The van der Waals surface area contributed by atoms with Crippen molar-refractivity contribution in [3.05, 3.63) is 59.7 Å². The molecule has 22 heavy (non-hydrogen) atoms. The van der Waals surface area contributed by atoms with Gasteiger partial charge in [0.15, 0.2) is 0 Å². The number of aliphatic hydroxyl groups excluding tert-OH is 1. The van der Waals surface area contributed by atoms with E-state index in [2.05, 4.69) is 0 Å². The van der Waals surface area contributed by atoms with Gasteiger partial charge in [0.25, 0.3) is 5.91 Å². The van der Waals surface area contributed by atoms with E-state index >= 15 is 0 Å². The SMILES string of the molecule is N[C@H]1CCN(C(=O)c2ccc(-c3ccc(CO)cc3)cc2)C1. The molecule has 2 aromatic rings. The van der Waals surface area contributed by atoms with Gasteiger partial charge in [-0.3, -0.25) is 4.79 Å². The average Bonchev–Trinajstić information content (AvgIpc) is 3.01. The second-order valence-corrected chi connectivity index (χ2v) is 5.73. The minimum absolute atomic E-state index is 0.0473. The fourth-order valence-corrected chi connectivity index (χ4v) is 2.76.